The van der Waals surface area contributed by atoms with E-state index >= 15 is 0 Å². The first-order chi connectivity index (χ1) is 7.13. The second-order valence-corrected chi connectivity index (χ2v) is 4.02. The van der Waals surface area contributed by atoms with Gasteiger partial charge in [0.2, 0.25) is 0 Å². The fraction of sp³-hybridized carbons (Fsp3) is 0.500. The molecule has 0 spiro atoms. The Morgan fingerprint density at radius 3 is 2.67 bits per heavy atom. The van der Waals surface area contributed by atoms with Crippen LogP contribution in [0.4, 0.5) is 0 Å². The van der Waals surface area contributed by atoms with Gasteiger partial charge in [0.25, 0.3) is 0 Å². The van der Waals surface area contributed by atoms with Crippen molar-refractivity contribution in [3.8, 4) is 0 Å². The lowest BCUT2D eigenvalue weighted by molar-refractivity contribution is 0.0611. The minimum Gasteiger partial charge on any atom is -0.377 e. The Hall–Kier alpha value is -0.900. The molecule has 15 heavy (non-hydrogen) atoms. The van der Waals surface area contributed by atoms with Gasteiger partial charge in [-0.2, -0.15) is 0 Å². The van der Waals surface area contributed by atoms with E-state index in [1.54, 1.807) is 0 Å². The first kappa shape index (κ1) is 12.2. The maximum atomic E-state index is 5.55. The van der Waals surface area contributed by atoms with Crippen molar-refractivity contribution in [2.24, 2.45) is 5.84 Å². The Kier molecular flexibility index (Phi) is 4.75. The second-order valence-electron chi connectivity index (χ2n) is 4.02. The predicted octanol–water partition coefficient (Wildman–Crippen LogP) is 1.92. The van der Waals surface area contributed by atoms with Gasteiger partial charge in [0.15, 0.2) is 0 Å². The molecular weight excluding hydrogens is 188 g/mol. The number of rotatable bonds is 5. The lowest BCUT2D eigenvalue weighted by atomic mass is 10.1. The minimum absolute atomic E-state index is 0.0623. The van der Waals surface area contributed by atoms with Gasteiger partial charge >= 0.3 is 0 Å². The largest absolute Gasteiger partial charge is 0.377 e. The number of hydrogen-bond donors (Lipinski definition) is 2. The second kappa shape index (κ2) is 5.85. The maximum absolute atomic E-state index is 5.55. The Morgan fingerprint density at radius 2 is 2.13 bits per heavy atom. The van der Waals surface area contributed by atoms with Crippen molar-refractivity contribution in [2.45, 2.75) is 32.9 Å². The number of nitrogens with two attached hydrogens (primary N) is 1. The van der Waals surface area contributed by atoms with E-state index in [0.717, 1.165) is 5.56 Å². The zero-order chi connectivity index (χ0) is 11.3. The molecule has 0 bridgehead atoms. The number of benzene rings is 1. The van der Waals surface area contributed by atoms with Crippen molar-refractivity contribution in [3.05, 3.63) is 35.4 Å². The van der Waals surface area contributed by atoms with Crippen LogP contribution >= 0.6 is 0 Å². The lowest BCUT2D eigenvalue weighted by Crippen LogP contribution is -2.32. The minimum atomic E-state index is 0.0623. The molecule has 1 rings (SSSR count). The smallest absolute Gasteiger partial charge is 0.0694 e. The highest BCUT2D eigenvalue weighted by Crippen LogP contribution is 2.14. The quantitative estimate of drug-likeness (QED) is 0.574. The van der Waals surface area contributed by atoms with Crippen molar-refractivity contribution < 1.29 is 4.74 Å². The maximum Gasteiger partial charge on any atom is 0.0694 e. The van der Waals surface area contributed by atoms with E-state index in [1.807, 2.05) is 19.9 Å². The first-order valence-corrected chi connectivity index (χ1v) is 5.27. The molecule has 1 aromatic carbocycles. The Bertz CT molecular complexity index is 299. The predicted molar refractivity (Wildman–Crippen MR) is 62.3 cm³/mol. The van der Waals surface area contributed by atoms with E-state index in [1.165, 1.54) is 5.56 Å². The van der Waals surface area contributed by atoms with E-state index in [9.17, 15) is 0 Å². The molecule has 0 aliphatic rings. The molecule has 1 aromatic rings. The fourth-order valence-corrected chi connectivity index (χ4v) is 1.42. The summed E-state index contributed by atoms with van der Waals surface area (Å²) in [6.45, 7) is 6.70. The summed E-state index contributed by atoms with van der Waals surface area (Å²) in [7, 11) is 0. The third kappa shape index (κ3) is 4.00. The monoisotopic (exact) mass is 208 g/mol. The van der Waals surface area contributed by atoms with E-state index in [4.69, 9.17) is 10.6 Å². The van der Waals surface area contributed by atoms with Gasteiger partial charge in [-0.3, -0.25) is 11.3 Å². The molecule has 84 valence electrons. The molecule has 3 heteroatoms. The van der Waals surface area contributed by atoms with Gasteiger partial charge in [-0.1, -0.05) is 29.8 Å². The number of ether oxygens (including phenoxy) is 1. The Balaban J connectivity index is 2.65. The van der Waals surface area contributed by atoms with Crippen LogP contribution in [0, 0.1) is 6.92 Å². The van der Waals surface area contributed by atoms with Crippen LogP contribution in [0.2, 0.25) is 0 Å². The topological polar surface area (TPSA) is 47.3 Å². The Labute approximate surface area is 91.6 Å². The average molecular weight is 208 g/mol. The average Bonchev–Trinajstić information content (AvgIpc) is 2.18. The van der Waals surface area contributed by atoms with Crippen molar-refractivity contribution in [1.82, 2.24) is 5.43 Å². The fourth-order valence-electron chi connectivity index (χ4n) is 1.42. The summed E-state index contributed by atoms with van der Waals surface area (Å²) >= 11 is 0. The zero-order valence-corrected chi connectivity index (χ0v) is 9.66. The molecule has 3 N–H and O–H groups in total. The van der Waals surface area contributed by atoms with Gasteiger partial charge in [0, 0.05) is 0 Å². The molecular formula is C12H20N2O. The lowest BCUT2D eigenvalue weighted by Gasteiger charge is -2.18. The summed E-state index contributed by atoms with van der Waals surface area (Å²) in [5, 5.41) is 0. The summed E-state index contributed by atoms with van der Waals surface area (Å²) in [6.07, 6.45) is 0.227. The molecule has 0 aliphatic carbocycles. The van der Waals surface area contributed by atoms with E-state index in [2.05, 4.69) is 30.5 Å². The molecule has 0 heterocycles. The van der Waals surface area contributed by atoms with Crippen LogP contribution in [-0.4, -0.2) is 12.7 Å². The third-order valence-electron chi connectivity index (χ3n) is 2.24. The highest BCUT2D eigenvalue weighted by atomic mass is 16.5. The molecule has 1 unspecified atom stereocenters. The summed E-state index contributed by atoms with van der Waals surface area (Å²) in [6, 6.07) is 8.34. The standard InChI is InChI=1S/C12H20N2O/c1-9(2)15-8-12(14-13)11-6-4-5-10(3)7-11/h4-7,9,12,14H,8,13H2,1-3H3. The van der Waals surface area contributed by atoms with E-state index < -0.39 is 0 Å². The van der Waals surface area contributed by atoms with Gasteiger partial charge in [-0.25, -0.2) is 0 Å². The number of hydrazine groups is 1. The first-order valence-electron chi connectivity index (χ1n) is 5.27. The summed E-state index contributed by atoms with van der Waals surface area (Å²) in [5.41, 5.74) is 5.17. The highest BCUT2D eigenvalue weighted by Gasteiger charge is 2.10. The summed E-state index contributed by atoms with van der Waals surface area (Å²) in [4.78, 5) is 0. The van der Waals surface area contributed by atoms with E-state index in [-0.39, 0.29) is 12.1 Å². The van der Waals surface area contributed by atoms with Crippen LogP contribution in [0.1, 0.15) is 31.0 Å². The van der Waals surface area contributed by atoms with Crippen molar-refractivity contribution >= 4 is 0 Å². The summed E-state index contributed by atoms with van der Waals surface area (Å²) < 4.78 is 5.55. The molecule has 0 radical (unpaired) electrons. The van der Waals surface area contributed by atoms with E-state index in [0.29, 0.717) is 6.61 Å². The van der Waals surface area contributed by atoms with Gasteiger partial charge < -0.3 is 4.74 Å². The zero-order valence-electron chi connectivity index (χ0n) is 9.66. The van der Waals surface area contributed by atoms with Crippen LogP contribution in [0.15, 0.2) is 24.3 Å². The Morgan fingerprint density at radius 1 is 1.40 bits per heavy atom. The molecule has 0 amide bonds. The molecule has 0 fully saturated rings. The molecule has 0 saturated heterocycles. The van der Waals surface area contributed by atoms with Crippen LogP contribution in [-0.2, 0) is 4.74 Å². The van der Waals surface area contributed by atoms with Gasteiger partial charge in [-0.05, 0) is 26.3 Å². The third-order valence-corrected chi connectivity index (χ3v) is 2.24. The number of hydrogen-bond acceptors (Lipinski definition) is 3. The molecule has 0 saturated carbocycles. The number of nitrogens with one attached hydrogen (secondary N) is 1. The summed E-state index contributed by atoms with van der Waals surface area (Å²) in [5.74, 6) is 5.51. The van der Waals surface area contributed by atoms with Gasteiger partial charge in [-0.15, -0.1) is 0 Å². The van der Waals surface area contributed by atoms with Gasteiger partial charge in [0.1, 0.15) is 0 Å². The van der Waals surface area contributed by atoms with Crippen LogP contribution in [0.3, 0.4) is 0 Å². The van der Waals surface area contributed by atoms with Crippen molar-refractivity contribution in [3.63, 3.8) is 0 Å². The van der Waals surface area contributed by atoms with Crippen molar-refractivity contribution in [1.29, 1.82) is 0 Å². The van der Waals surface area contributed by atoms with Gasteiger partial charge in [0.05, 0.1) is 18.8 Å². The van der Waals surface area contributed by atoms with Crippen LogP contribution < -0.4 is 11.3 Å². The number of aryl methyl sites for hydroxylation is 1. The molecule has 0 aromatic heterocycles. The van der Waals surface area contributed by atoms with Crippen LogP contribution in [0.5, 0.6) is 0 Å². The molecule has 3 nitrogen and oxygen atoms in total. The normalized spacial score (nSPS) is 13.1. The SMILES string of the molecule is Cc1cccc(C(COC(C)C)NN)c1. The van der Waals surface area contributed by atoms with Crippen LogP contribution in [0.25, 0.3) is 0 Å². The highest BCUT2D eigenvalue weighted by molar-refractivity contribution is 5.25. The molecule has 0 aliphatic heterocycles. The molecule has 1 atom stereocenters. The van der Waals surface area contributed by atoms with Crippen molar-refractivity contribution in [2.75, 3.05) is 6.61 Å².